The van der Waals surface area contributed by atoms with Gasteiger partial charge in [0.05, 0.1) is 12.7 Å². The number of rotatable bonds is 7. The van der Waals surface area contributed by atoms with Crippen molar-refractivity contribution in [3.05, 3.63) is 0 Å². The zero-order valence-corrected chi connectivity index (χ0v) is 11.7. The van der Waals surface area contributed by atoms with Crippen LogP contribution in [0.5, 0.6) is 0 Å². The van der Waals surface area contributed by atoms with Crippen LogP contribution in [0.1, 0.15) is 46.0 Å². The van der Waals surface area contributed by atoms with Crippen LogP contribution in [-0.4, -0.2) is 49.5 Å². The highest BCUT2D eigenvalue weighted by atomic mass is 16.5. The molecule has 0 bridgehead atoms. The van der Waals surface area contributed by atoms with E-state index in [0.29, 0.717) is 12.7 Å². The Hall–Kier alpha value is -0.120. The van der Waals surface area contributed by atoms with Gasteiger partial charge in [0.1, 0.15) is 0 Å². The molecule has 0 heterocycles. The molecule has 0 radical (unpaired) electrons. The number of likely N-dealkylation sites (N-methyl/N-ethyl adjacent to an activating group) is 1. The molecule has 0 unspecified atom stereocenters. The van der Waals surface area contributed by atoms with Crippen molar-refractivity contribution in [2.45, 2.75) is 52.1 Å². The average molecular weight is 243 g/mol. The smallest absolute Gasteiger partial charge is 0.0596 e. The third-order valence-corrected chi connectivity index (χ3v) is 3.78. The van der Waals surface area contributed by atoms with Gasteiger partial charge in [-0.1, -0.05) is 19.3 Å². The number of aliphatic hydroxyl groups excluding tert-OH is 1. The number of nitrogens with zero attached hydrogens (tertiary/aromatic N) is 1. The first-order valence-electron chi connectivity index (χ1n) is 6.99. The predicted molar refractivity (Wildman–Crippen MR) is 71.2 cm³/mol. The van der Waals surface area contributed by atoms with E-state index in [2.05, 4.69) is 25.8 Å². The van der Waals surface area contributed by atoms with Crippen LogP contribution in [0.2, 0.25) is 0 Å². The Balaban J connectivity index is 2.29. The minimum atomic E-state index is 0.158. The van der Waals surface area contributed by atoms with Crippen molar-refractivity contribution >= 4 is 0 Å². The summed E-state index contributed by atoms with van der Waals surface area (Å²) in [7, 11) is 2.13. The van der Waals surface area contributed by atoms with Crippen LogP contribution in [0.25, 0.3) is 0 Å². The van der Waals surface area contributed by atoms with Crippen LogP contribution in [-0.2, 0) is 4.74 Å². The molecule has 1 aliphatic rings. The lowest BCUT2D eigenvalue weighted by atomic mass is 9.74. The molecule has 0 spiro atoms. The SMILES string of the molecule is CC(C)OCCN(C)CC1(CO)CCCCC1. The van der Waals surface area contributed by atoms with Gasteiger partial charge >= 0.3 is 0 Å². The molecule has 1 fully saturated rings. The standard InChI is InChI=1S/C14H29NO2/c1-13(2)17-10-9-15(3)11-14(12-16)7-5-4-6-8-14/h13,16H,4-12H2,1-3H3. The molecular weight excluding hydrogens is 214 g/mol. The molecule has 1 aliphatic carbocycles. The van der Waals surface area contributed by atoms with E-state index < -0.39 is 0 Å². The molecule has 0 amide bonds. The van der Waals surface area contributed by atoms with Crippen LogP contribution in [0, 0.1) is 5.41 Å². The van der Waals surface area contributed by atoms with Gasteiger partial charge in [0, 0.05) is 25.1 Å². The monoisotopic (exact) mass is 243 g/mol. The molecule has 102 valence electrons. The van der Waals surface area contributed by atoms with Gasteiger partial charge < -0.3 is 14.7 Å². The number of ether oxygens (including phenoxy) is 1. The Morgan fingerprint density at radius 1 is 1.24 bits per heavy atom. The van der Waals surface area contributed by atoms with Crippen molar-refractivity contribution in [2.24, 2.45) is 5.41 Å². The molecule has 17 heavy (non-hydrogen) atoms. The highest BCUT2D eigenvalue weighted by Gasteiger charge is 2.32. The lowest BCUT2D eigenvalue weighted by Gasteiger charge is -2.38. The van der Waals surface area contributed by atoms with Gasteiger partial charge in [-0.3, -0.25) is 0 Å². The molecule has 0 saturated heterocycles. The fourth-order valence-corrected chi connectivity index (χ4v) is 2.76. The van der Waals surface area contributed by atoms with Crippen LogP contribution >= 0.6 is 0 Å². The van der Waals surface area contributed by atoms with E-state index in [1.807, 2.05) is 0 Å². The normalized spacial score (nSPS) is 20.1. The molecule has 3 nitrogen and oxygen atoms in total. The quantitative estimate of drug-likeness (QED) is 0.744. The topological polar surface area (TPSA) is 32.7 Å². The Morgan fingerprint density at radius 3 is 2.41 bits per heavy atom. The first kappa shape index (κ1) is 14.9. The minimum Gasteiger partial charge on any atom is -0.396 e. The van der Waals surface area contributed by atoms with Gasteiger partial charge in [0.25, 0.3) is 0 Å². The van der Waals surface area contributed by atoms with Gasteiger partial charge in [0.2, 0.25) is 0 Å². The second-order valence-corrected chi connectivity index (χ2v) is 5.88. The Bertz CT molecular complexity index is 200. The van der Waals surface area contributed by atoms with E-state index in [1.165, 1.54) is 32.1 Å². The minimum absolute atomic E-state index is 0.158. The molecule has 0 aliphatic heterocycles. The molecule has 3 heteroatoms. The maximum atomic E-state index is 9.65. The third kappa shape index (κ3) is 5.36. The van der Waals surface area contributed by atoms with Gasteiger partial charge in [-0.05, 0) is 33.7 Å². The van der Waals surface area contributed by atoms with E-state index in [9.17, 15) is 5.11 Å². The maximum absolute atomic E-state index is 9.65. The van der Waals surface area contributed by atoms with Crippen molar-refractivity contribution in [1.82, 2.24) is 4.90 Å². The van der Waals surface area contributed by atoms with Crippen LogP contribution in [0.15, 0.2) is 0 Å². The first-order chi connectivity index (χ1) is 8.08. The Morgan fingerprint density at radius 2 is 1.88 bits per heavy atom. The zero-order valence-electron chi connectivity index (χ0n) is 11.7. The van der Waals surface area contributed by atoms with Crippen molar-refractivity contribution in [3.63, 3.8) is 0 Å². The maximum Gasteiger partial charge on any atom is 0.0596 e. The molecule has 0 aromatic carbocycles. The summed E-state index contributed by atoms with van der Waals surface area (Å²) in [5.41, 5.74) is 0.158. The van der Waals surface area contributed by atoms with Crippen molar-refractivity contribution in [1.29, 1.82) is 0 Å². The lowest BCUT2D eigenvalue weighted by molar-refractivity contribution is 0.0251. The summed E-state index contributed by atoms with van der Waals surface area (Å²) >= 11 is 0. The summed E-state index contributed by atoms with van der Waals surface area (Å²) in [4.78, 5) is 2.31. The number of hydrogen-bond acceptors (Lipinski definition) is 3. The summed E-state index contributed by atoms with van der Waals surface area (Å²) in [5.74, 6) is 0. The van der Waals surface area contributed by atoms with E-state index in [0.717, 1.165) is 19.7 Å². The highest BCUT2D eigenvalue weighted by Crippen LogP contribution is 2.36. The van der Waals surface area contributed by atoms with Gasteiger partial charge in [-0.25, -0.2) is 0 Å². The van der Waals surface area contributed by atoms with Crippen LogP contribution in [0.3, 0.4) is 0 Å². The summed E-state index contributed by atoms with van der Waals surface area (Å²) in [6.45, 7) is 7.22. The molecule has 0 aromatic rings. The summed E-state index contributed by atoms with van der Waals surface area (Å²) in [6, 6.07) is 0. The van der Waals surface area contributed by atoms with Crippen LogP contribution < -0.4 is 0 Å². The van der Waals surface area contributed by atoms with E-state index in [-0.39, 0.29) is 5.41 Å². The lowest BCUT2D eigenvalue weighted by Crippen LogP contribution is -2.41. The van der Waals surface area contributed by atoms with E-state index in [4.69, 9.17) is 4.74 Å². The summed E-state index contributed by atoms with van der Waals surface area (Å²) in [5, 5.41) is 9.65. The fraction of sp³-hybridized carbons (Fsp3) is 1.00. The second-order valence-electron chi connectivity index (χ2n) is 5.88. The molecular formula is C14H29NO2. The second kappa shape index (κ2) is 7.34. The molecule has 1 rings (SSSR count). The number of aliphatic hydroxyl groups is 1. The molecule has 0 atom stereocenters. The largest absolute Gasteiger partial charge is 0.396 e. The molecule has 1 saturated carbocycles. The van der Waals surface area contributed by atoms with Crippen molar-refractivity contribution < 1.29 is 9.84 Å². The average Bonchev–Trinajstić information content (AvgIpc) is 2.29. The van der Waals surface area contributed by atoms with Crippen molar-refractivity contribution in [2.75, 3.05) is 33.4 Å². The first-order valence-corrected chi connectivity index (χ1v) is 6.99. The van der Waals surface area contributed by atoms with E-state index >= 15 is 0 Å². The Labute approximate surface area is 106 Å². The fourth-order valence-electron chi connectivity index (χ4n) is 2.76. The van der Waals surface area contributed by atoms with Gasteiger partial charge in [0.15, 0.2) is 0 Å². The van der Waals surface area contributed by atoms with E-state index in [1.54, 1.807) is 0 Å². The summed E-state index contributed by atoms with van der Waals surface area (Å²) < 4.78 is 5.56. The van der Waals surface area contributed by atoms with Crippen LogP contribution in [0.4, 0.5) is 0 Å². The molecule has 1 N–H and O–H groups in total. The van der Waals surface area contributed by atoms with Crippen molar-refractivity contribution in [3.8, 4) is 0 Å². The third-order valence-electron chi connectivity index (χ3n) is 3.78. The summed E-state index contributed by atoms with van der Waals surface area (Å²) in [6.07, 6.45) is 6.55. The molecule has 0 aromatic heterocycles. The highest BCUT2D eigenvalue weighted by molar-refractivity contribution is 4.84. The van der Waals surface area contributed by atoms with Gasteiger partial charge in [-0.15, -0.1) is 0 Å². The van der Waals surface area contributed by atoms with Gasteiger partial charge in [-0.2, -0.15) is 0 Å². The number of hydrogen-bond donors (Lipinski definition) is 1. The predicted octanol–water partition coefficient (Wildman–Crippen LogP) is 2.29. The Kier molecular flexibility index (Phi) is 6.45. The zero-order chi connectivity index (χ0) is 12.7.